The number of hydrogen-bond acceptors (Lipinski definition) is 6. The number of nitrogens with one attached hydrogen (secondary N) is 1. The van der Waals surface area contributed by atoms with E-state index >= 15 is 0 Å². The molecule has 0 amide bonds. The minimum atomic E-state index is 0.613. The Morgan fingerprint density at radius 3 is 2.37 bits per heavy atom. The van der Waals surface area contributed by atoms with E-state index in [0.717, 1.165) is 28.0 Å². The lowest BCUT2D eigenvalue weighted by Crippen LogP contribution is -2.06. The number of ether oxygens (including phenoxy) is 2. The molecule has 0 aliphatic heterocycles. The van der Waals surface area contributed by atoms with Gasteiger partial charge in [-0.3, -0.25) is 0 Å². The van der Waals surface area contributed by atoms with E-state index in [1.807, 2.05) is 55.6 Å². The molecule has 27 heavy (non-hydrogen) atoms. The third kappa shape index (κ3) is 2.93. The van der Waals surface area contributed by atoms with E-state index in [1.54, 1.807) is 18.9 Å². The number of methoxy groups -OCH3 is 2. The summed E-state index contributed by atoms with van der Waals surface area (Å²) in [5.74, 6) is 2.72. The number of nitrogens with zero attached hydrogens (tertiary/aromatic N) is 4. The van der Waals surface area contributed by atoms with Gasteiger partial charge >= 0.3 is 0 Å². The number of aromatic nitrogens is 4. The number of hydrogen-bond donors (Lipinski definition) is 1. The lowest BCUT2D eigenvalue weighted by Gasteiger charge is -2.12. The average molecular weight is 361 g/mol. The summed E-state index contributed by atoms with van der Waals surface area (Å²) < 4.78 is 12.6. The Balaban J connectivity index is 1.93. The van der Waals surface area contributed by atoms with Gasteiger partial charge in [-0.15, -0.1) is 0 Å². The Morgan fingerprint density at radius 1 is 0.926 bits per heavy atom. The predicted octanol–water partition coefficient (Wildman–Crippen LogP) is 3.54. The van der Waals surface area contributed by atoms with Crippen LogP contribution in [0.1, 0.15) is 0 Å². The number of benzene rings is 2. The molecule has 7 heteroatoms. The SMILES string of the molecule is CNc1cc(-c2ccccc2)nn1-c1ncnc2cc(OC)c(OC)cc12. The number of rotatable bonds is 5. The van der Waals surface area contributed by atoms with E-state index in [9.17, 15) is 0 Å². The molecule has 2 heterocycles. The Kier molecular flexibility index (Phi) is 4.33. The largest absolute Gasteiger partial charge is 0.493 e. The first-order valence-electron chi connectivity index (χ1n) is 8.45. The minimum Gasteiger partial charge on any atom is -0.493 e. The molecule has 1 N–H and O–H groups in total. The molecule has 0 fully saturated rings. The van der Waals surface area contributed by atoms with Crippen LogP contribution in [0.25, 0.3) is 28.0 Å². The number of anilines is 1. The molecule has 0 saturated carbocycles. The second-order valence-electron chi connectivity index (χ2n) is 5.86. The standard InChI is InChI=1S/C20H19N5O2/c1-21-19-11-15(13-7-5-4-6-8-13)24-25(19)20-14-9-17(26-2)18(27-3)10-16(14)22-12-23-20/h4-12,21H,1-3H3. The maximum Gasteiger partial charge on any atom is 0.167 e. The van der Waals surface area contributed by atoms with Crippen molar-refractivity contribution < 1.29 is 9.47 Å². The molecule has 0 atom stereocenters. The van der Waals surface area contributed by atoms with Crippen molar-refractivity contribution in [3.8, 4) is 28.6 Å². The fourth-order valence-electron chi connectivity index (χ4n) is 3.01. The number of fused-ring (bicyclic) bond motifs is 1. The van der Waals surface area contributed by atoms with Crippen LogP contribution in [0, 0.1) is 0 Å². The molecule has 4 rings (SSSR count). The van der Waals surface area contributed by atoms with Gasteiger partial charge in [0.15, 0.2) is 17.3 Å². The second kappa shape index (κ2) is 6.95. The monoisotopic (exact) mass is 361 g/mol. The van der Waals surface area contributed by atoms with Gasteiger partial charge in [0.2, 0.25) is 0 Å². The van der Waals surface area contributed by atoms with E-state index in [4.69, 9.17) is 14.6 Å². The zero-order chi connectivity index (χ0) is 18.8. The lowest BCUT2D eigenvalue weighted by molar-refractivity contribution is 0.355. The third-order valence-electron chi connectivity index (χ3n) is 4.36. The summed E-state index contributed by atoms with van der Waals surface area (Å²) in [6.45, 7) is 0. The maximum atomic E-state index is 5.44. The van der Waals surface area contributed by atoms with Gasteiger partial charge in [-0.2, -0.15) is 9.78 Å². The van der Waals surface area contributed by atoms with Crippen molar-refractivity contribution in [1.29, 1.82) is 0 Å². The quantitative estimate of drug-likeness (QED) is 0.586. The Bertz CT molecular complexity index is 1090. The highest BCUT2D eigenvalue weighted by molar-refractivity contribution is 5.89. The van der Waals surface area contributed by atoms with Crippen molar-refractivity contribution in [3.63, 3.8) is 0 Å². The summed E-state index contributed by atoms with van der Waals surface area (Å²) in [4.78, 5) is 8.84. The highest BCUT2D eigenvalue weighted by Gasteiger charge is 2.16. The van der Waals surface area contributed by atoms with E-state index < -0.39 is 0 Å². The highest BCUT2D eigenvalue weighted by Crippen LogP contribution is 2.34. The zero-order valence-corrected chi connectivity index (χ0v) is 15.3. The van der Waals surface area contributed by atoms with Gasteiger partial charge in [0.25, 0.3) is 0 Å². The first-order chi connectivity index (χ1) is 13.2. The molecule has 7 nitrogen and oxygen atoms in total. The van der Waals surface area contributed by atoms with Gasteiger partial charge in [-0.05, 0) is 6.07 Å². The van der Waals surface area contributed by atoms with Crippen molar-refractivity contribution >= 4 is 16.7 Å². The van der Waals surface area contributed by atoms with E-state index in [0.29, 0.717) is 17.3 Å². The molecule has 0 spiro atoms. The van der Waals surface area contributed by atoms with Crippen molar-refractivity contribution in [1.82, 2.24) is 19.7 Å². The van der Waals surface area contributed by atoms with Gasteiger partial charge in [0, 0.05) is 30.1 Å². The van der Waals surface area contributed by atoms with Crippen LogP contribution in [-0.4, -0.2) is 41.0 Å². The summed E-state index contributed by atoms with van der Waals surface area (Å²) in [6, 6.07) is 15.7. The van der Waals surface area contributed by atoms with Gasteiger partial charge in [-0.25, -0.2) is 9.97 Å². The Hall–Kier alpha value is -3.61. The molecule has 0 radical (unpaired) electrons. The van der Waals surface area contributed by atoms with Gasteiger partial charge in [0.05, 0.1) is 25.4 Å². The molecule has 0 unspecified atom stereocenters. The van der Waals surface area contributed by atoms with Crippen LogP contribution in [0.3, 0.4) is 0 Å². The van der Waals surface area contributed by atoms with Crippen molar-refractivity contribution in [2.24, 2.45) is 0 Å². The zero-order valence-electron chi connectivity index (χ0n) is 15.3. The normalized spacial score (nSPS) is 10.8. The summed E-state index contributed by atoms with van der Waals surface area (Å²) >= 11 is 0. The molecule has 0 aliphatic carbocycles. The van der Waals surface area contributed by atoms with E-state index in [2.05, 4.69) is 15.3 Å². The van der Waals surface area contributed by atoms with Crippen LogP contribution in [0.2, 0.25) is 0 Å². The average Bonchev–Trinajstić information content (AvgIpc) is 3.17. The highest BCUT2D eigenvalue weighted by atomic mass is 16.5. The summed E-state index contributed by atoms with van der Waals surface area (Å²) in [6.07, 6.45) is 1.52. The maximum absolute atomic E-state index is 5.44. The molecule has 0 bridgehead atoms. The summed E-state index contributed by atoms with van der Waals surface area (Å²) in [5.41, 5.74) is 2.63. The Labute approximate surface area is 156 Å². The lowest BCUT2D eigenvalue weighted by atomic mass is 10.2. The summed E-state index contributed by atoms with van der Waals surface area (Å²) in [5, 5.41) is 8.76. The minimum absolute atomic E-state index is 0.613. The molecule has 0 aliphatic rings. The van der Waals surface area contributed by atoms with Gasteiger partial charge in [0.1, 0.15) is 12.1 Å². The fraction of sp³-hybridized carbons (Fsp3) is 0.150. The van der Waals surface area contributed by atoms with Gasteiger partial charge in [-0.1, -0.05) is 30.3 Å². The Morgan fingerprint density at radius 2 is 1.67 bits per heavy atom. The molecular weight excluding hydrogens is 342 g/mol. The predicted molar refractivity (Wildman–Crippen MR) is 105 cm³/mol. The first kappa shape index (κ1) is 16.8. The van der Waals surface area contributed by atoms with Crippen LogP contribution in [-0.2, 0) is 0 Å². The molecule has 136 valence electrons. The third-order valence-corrected chi connectivity index (χ3v) is 4.36. The molecular formula is C20H19N5O2. The van der Waals surface area contributed by atoms with E-state index in [-0.39, 0.29) is 0 Å². The smallest absolute Gasteiger partial charge is 0.167 e. The van der Waals surface area contributed by atoms with Crippen molar-refractivity contribution in [3.05, 3.63) is 54.9 Å². The first-order valence-corrected chi connectivity index (χ1v) is 8.45. The van der Waals surface area contributed by atoms with Crippen LogP contribution >= 0.6 is 0 Å². The van der Waals surface area contributed by atoms with Crippen LogP contribution in [0.4, 0.5) is 5.82 Å². The van der Waals surface area contributed by atoms with Crippen molar-refractivity contribution in [2.45, 2.75) is 0 Å². The van der Waals surface area contributed by atoms with Crippen LogP contribution in [0.5, 0.6) is 11.5 Å². The summed E-state index contributed by atoms with van der Waals surface area (Å²) in [7, 11) is 5.06. The molecule has 2 aromatic carbocycles. The second-order valence-corrected chi connectivity index (χ2v) is 5.86. The van der Waals surface area contributed by atoms with Crippen molar-refractivity contribution in [2.75, 3.05) is 26.6 Å². The van der Waals surface area contributed by atoms with Crippen LogP contribution < -0.4 is 14.8 Å². The molecule has 0 saturated heterocycles. The van der Waals surface area contributed by atoms with E-state index in [1.165, 1.54) is 6.33 Å². The molecule has 4 aromatic rings. The topological polar surface area (TPSA) is 74.1 Å². The fourth-order valence-corrected chi connectivity index (χ4v) is 3.01. The van der Waals surface area contributed by atoms with Gasteiger partial charge < -0.3 is 14.8 Å². The van der Waals surface area contributed by atoms with Crippen LogP contribution in [0.15, 0.2) is 54.9 Å². The molecule has 2 aromatic heterocycles.